The standard InChI is InChI=1S/C89H174O17P2/c1-7-9-11-13-15-17-19-21-23-25-27-29-33-37-41-47-53-59-65-71-86(91)99-77-84(105-88(93)73-67-61-55-48-42-38-34-30-28-26-24-22-20-18-16-14-12-10-8-2)79-103-107(95,96)101-75-83(90)76-102-108(97,98)104-80-85(78-100-87(92)72-66-60-54-50-44-46-52-58-64-70-82(5)6)106-89(94)74-68-62-56-49-43-39-35-31-32-36-40-45-51-57-63-69-81(3)4/h81-85,90H,7-80H2,1-6H3,(H,95,96)(H,97,98)/t83-,84-,85-/m1/s1. The van der Waals surface area contributed by atoms with E-state index < -0.39 is 97.5 Å². The van der Waals surface area contributed by atoms with Gasteiger partial charge in [0.15, 0.2) is 12.2 Å². The van der Waals surface area contributed by atoms with Crippen LogP contribution in [0.15, 0.2) is 0 Å². The lowest BCUT2D eigenvalue weighted by molar-refractivity contribution is -0.161. The van der Waals surface area contributed by atoms with Crippen molar-refractivity contribution in [2.75, 3.05) is 39.6 Å². The first-order valence-corrected chi connectivity index (χ1v) is 49.0. The molecule has 2 unspecified atom stereocenters. The van der Waals surface area contributed by atoms with Crippen molar-refractivity contribution >= 4 is 39.5 Å². The summed E-state index contributed by atoms with van der Waals surface area (Å²) in [5.41, 5.74) is 0. The molecule has 0 aliphatic carbocycles. The predicted molar refractivity (Wildman–Crippen MR) is 446 cm³/mol. The molecule has 642 valence electrons. The van der Waals surface area contributed by atoms with E-state index >= 15 is 0 Å². The molecule has 0 saturated heterocycles. The van der Waals surface area contributed by atoms with E-state index in [1.165, 1.54) is 295 Å². The maximum Gasteiger partial charge on any atom is 0.472 e. The SMILES string of the molecule is CCCCCCCCCCCCCCCCCCCCCC(=O)OC[C@H](COP(=O)(O)OC[C@@H](O)COP(=O)(O)OC[C@@H](COC(=O)CCCCCCCCCCCC(C)C)OC(=O)CCCCCCCCCCCCCCCCCC(C)C)OC(=O)CCCCCCCCCCCCCCCCCCCCC. The van der Waals surface area contributed by atoms with Crippen molar-refractivity contribution in [2.45, 2.75) is 496 Å². The lowest BCUT2D eigenvalue weighted by Crippen LogP contribution is -2.30. The van der Waals surface area contributed by atoms with Gasteiger partial charge in [-0.1, -0.05) is 427 Å². The minimum Gasteiger partial charge on any atom is -0.462 e. The van der Waals surface area contributed by atoms with E-state index in [0.717, 1.165) is 102 Å². The second-order valence-corrected chi connectivity index (χ2v) is 35.8. The fourth-order valence-electron chi connectivity index (χ4n) is 14.0. The molecule has 0 aliphatic rings. The van der Waals surface area contributed by atoms with Gasteiger partial charge >= 0.3 is 39.5 Å². The molecule has 0 aliphatic heterocycles. The number of aliphatic hydroxyl groups is 1. The highest BCUT2D eigenvalue weighted by Crippen LogP contribution is 2.45. The molecule has 0 rings (SSSR count). The quantitative estimate of drug-likeness (QED) is 0.0222. The van der Waals surface area contributed by atoms with E-state index in [9.17, 15) is 43.2 Å². The van der Waals surface area contributed by atoms with Gasteiger partial charge in [0.2, 0.25) is 0 Å². The molecule has 0 spiro atoms. The van der Waals surface area contributed by atoms with Gasteiger partial charge in [-0.25, -0.2) is 9.13 Å². The Morgan fingerprint density at radius 1 is 0.250 bits per heavy atom. The molecule has 0 bridgehead atoms. The third-order valence-electron chi connectivity index (χ3n) is 21.0. The number of aliphatic hydroxyl groups excluding tert-OH is 1. The van der Waals surface area contributed by atoms with Crippen LogP contribution in [0.5, 0.6) is 0 Å². The summed E-state index contributed by atoms with van der Waals surface area (Å²) in [6, 6.07) is 0. The Hall–Kier alpha value is -1.94. The van der Waals surface area contributed by atoms with Crippen LogP contribution in [0.25, 0.3) is 0 Å². The summed E-state index contributed by atoms with van der Waals surface area (Å²) < 4.78 is 69.0. The second kappa shape index (κ2) is 80.3. The van der Waals surface area contributed by atoms with Crippen molar-refractivity contribution in [1.29, 1.82) is 0 Å². The van der Waals surface area contributed by atoms with E-state index in [1.807, 2.05) is 0 Å². The molecule has 0 aromatic carbocycles. The highest BCUT2D eigenvalue weighted by Gasteiger charge is 2.31. The maximum atomic E-state index is 13.2. The van der Waals surface area contributed by atoms with Crippen LogP contribution in [0.2, 0.25) is 0 Å². The number of ether oxygens (including phenoxy) is 4. The summed E-state index contributed by atoms with van der Waals surface area (Å²) in [7, 11) is -9.93. The van der Waals surface area contributed by atoms with Crippen molar-refractivity contribution in [3.05, 3.63) is 0 Å². The fourth-order valence-corrected chi connectivity index (χ4v) is 15.5. The summed E-state index contributed by atoms with van der Waals surface area (Å²) in [5, 5.41) is 10.7. The van der Waals surface area contributed by atoms with Gasteiger partial charge in [0.05, 0.1) is 26.4 Å². The molecule has 108 heavy (non-hydrogen) atoms. The first kappa shape index (κ1) is 106. The molecule has 0 fully saturated rings. The second-order valence-electron chi connectivity index (χ2n) is 32.9. The van der Waals surface area contributed by atoms with E-state index in [-0.39, 0.29) is 25.7 Å². The Morgan fingerprint density at radius 3 is 0.630 bits per heavy atom. The van der Waals surface area contributed by atoms with Gasteiger partial charge in [-0.15, -0.1) is 0 Å². The average molecular weight is 1580 g/mol. The first-order valence-electron chi connectivity index (χ1n) is 46.0. The van der Waals surface area contributed by atoms with Crippen LogP contribution >= 0.6 is 15.6 Å². The zero-order chi connectivity index (χ0) is 79.2. The van der Waals surface area contributed by atoms with Crippen molar-refractivity contribution < 1.29 is 80.2 Å². The molecule has 0 heterocycles. The fraction of sp³-hybridized carbons (Fsp3) is 0.955. The third kappa shape index (κ3) is 82.1. The van der Waals surface area contributed by atoms with Gasteiger partial charge in [-0.2, -0.15) is 0 Å². The van der Waals surface area contributed by atoms with Crippen LogP contribution in [0.3, 0.4) is 0 Å². The Bertz CT molecular complexity index is 2060. The largest absolute Gasteiger partial charge is 0.472 e. The predicted octanol–water partition coefficient (Wildman–Crippen LogP) is 27.4. The minimum atomic E-state index is -4.97. The van der Waals surface area contributed by atoms with Crippen molar-refractivity contribution in [3.8, 4) is 0 Å². The molecule has 0 radical (unpaired) electrons. The van der Waals surface area contributed by atoms with Gasteiger partial charge in [0.25, 0.3) is 0 Å². The lowest BCUT2D eigenvalue weighted by atomic mass is 10.0. The Kier molecular flexibility index (Phi) is 78.8. The van der Waals surface area contributed by atoms with E-state index in [2.05, 4.69) is 41.5 Å². The number of carbonyl (C=O) groups excluding carboxylic acids is 4. The van der Waals surface area contributed by atoms with Crippen molar-refractivity contribution in [2.24, 2.45) is 11.8 Å². The van der Waals surface area contributed by atoms with Crippen molar-refractivity contribution in [1.82, 2.24) is 0 Å². The number of hydrogen-bond acceptors (Lipinski definition) is 15. The van der Waals surface area contributed by atoms with Crippen molar-refractivity contribution in [3.63, 3.8) is 0 Å². The molecular formula is C89H174O17P2. The molecule has 0 aromatic rings. The summed E-state index contributed by atoms with van der Waals surface area (Å²) in [5.74, 6) is -0.551. The molecule has 0 aromatic heterocycles. The molecule has 3 N–H and O–H groups in total. The number of unbranched alkanes of at least 4 members (excludes halogenated alkanes) is 58. The normalized spacial score (nSPS) is 13.8. The molecular weight excluding hydrogens is 1400 g/mol. The van der Waals surface area contributed by atoms with Gasteiger partial charge in [0, 0.05) is 25.7 Å². The number of carbonyl (C=O) groups is 4. The average Bonchev–Trinajstić information content (AvgIpc) is 0.899. The van der Waals surface area contributed by atoms with E-state index in [1.54, 1.807) is 0 Å². The van der Waals surface area contributed by atoms with Gasteiger partial charge < -0.3 is 33.8 Å². The molecule has 0 saturated carbocycles. The number of rotatable bonds is 88. The van der Waals surface area contributed by atoms with Crippen LogP contribution < -0.4 is 0 Å². The van der Waals surface area contributed by atoms with E-state index in [4.69, 9.17) is 37.0 Å². The molecule has 17 nitrogen and oxygen atoms in total. The third-order valence-corrected chi connectivity index (χ3v) is 22.9. The zero-order valence-electron chi connectivity index (χ0n) is 71.2. The summed E-state index contributed by atoms with van der Waals surface area (Å²) in [6.45, 7) is 9.70. The number of phosphoric ester groups is 2. The summed E-state index contributed by atoms with van der Waals surface area (Å²) in [4.78, 5) is 73.4. The smallest absolute Gasteiger partial charge is 0.462 e. The van der Waals surface area contributed by atoms with Crippen LogP contribution in [0, 0.1) is 11.8 Å². The molecule has 0 amide bonds. The zero-order valence-corrected chi connectivity index (χ0v) is 73.0. The Labute approximate surface area is 664 Å². The highest BCUT2D eigenvalue weighted by molar-refractivity contribution is 7.47. The molecule has 5 atom stereocenters. The number of hydrogen-bond donors (Lipinski definition) is 3. The van der Waals surface area contributed by atoms with Crippen LogP contribution in [0.1, 0.15) is 478 Å². The highest BCUT2D eigenvalue weighted by atomic mass is 31.2. The summed E-state index contributed by atoms with van der Waals surface area (Å²) in [6.07, 6.45) is 73.6. The van der Waals surface area contributed by atoms with Gasteiger partial charge in [0.1, 0.15) is 19.3 Å². The number of esters is 4. The minimum absolute atomic E-state index is 0.108. The Balaban J connectivity index is 5.25. The topological polar surface area (TPSA) is 237 Å². The monoisotopic (exact) mass is 1580 g/mol. The van der Waals surface area contributed by atoms with Crippen LogP contribution in [-0.4, -0.2) is 96.7 Å². The van der Waals surface area contributed by atoms with Gasteiger partial charge in [-0.3, -0.25) is 37.3 Å². The Morgan fingerprint density at radius 2 is 0.426 bits per heavy atom. The first-order chi connectivity index (χ1) is 52.4. The van der Waals surface area contributed by atoms with Crippen LogP contribution in [-0.2, 0) is 65.4 Å². The molecule has 19 heteroatoms. The van der Waals surface area contributed by atoms with Gasteiger partial charge in [-0.05, 0) is 37.5 Å². The summed E-state index contributed by atoms with van der Waals surface area (Å²) >= 11 is 0. The maximum absolute atomic E-state index is 13.2. The van der Waals surface area contributed by atoms with Crippen LogP contribution in [0.4, 0.5) is 0 Å². The van der Waals surface area contributed by atoms with E-state index in [0.29, 0.717) is 25.7 Å². The lowest BCUT2D eigenvalue weighted by Gasteiger charge is -2.21. The number of phosphoric acid groups is 2.